The molecule has 8 rings (SSSR count). The fourth-order valence-electron chi connectivity index (χ4n) is 11.8. The Morgan fingerprint density at radius 1 is 0.202 bits per heavy atom. The zero-order valence-corrected chi connectivity index (χ0v) is 47.5. The van der Waals surface area contributed by atoms with Gasteiger partial charge in [0.15, 0.2) is 50.3 Å². The summed E-state index contributed by atoms with van der Waals surface area (Å²) in [5.74, 6) is 0. The molecule has 16 unspecified atom stereocenters. The Kier molecular flexibility index (Phi) is 25.9. The van der Waals surface area contributed by atoms with E-state index in [1.807, 2.05) is 0 Å². The van der Waals surface area contributed by atoms with Gasteiger partial charge in [0.1, 0.15) is 146 Å². The molecule has 40 atom stereocenters. The minimum atomic E-state index is -1.87. The van der Waals surface area contributed by atoms with Gasteiger partial charge in [-0.05, 0) is 0 Å². The van der Waals surface area contributed by atoms with E-state index in [4.69, 9.17) is 117 Å². The standard InChI is InChI=1S/C48H90N8O33/c49-17-27(67)34(10(2-58)75-41(17)74)83-43-19(51)29(69)36(12(4-60)77-43)85-45-21(53)31(71)38(14(6-62)79-45)87-47-23(55)33(73)40(16(8-64)81-47)89-48-24(56)32(72)39(15(7-63)82-48)88-46-22(54)30(70)37(13(5-61)80-46)86-44-20(52)28(68)35(11(3-59)78-44)84-42-18(50)26(66)25(65)9(1-57)76-42/h9-48,57-74H,1-8,49-56H2/t9-,10+,11-,12+,13-,14+,15-,16-,17+,18-,19+,20-,21+,22-,23-,24-,25?,26+,27-,28+,29-,30+,31-,32+,33+,34?,35?,36?,37?,38?,39?,40?,41?,42?,43?,44?,45?,46?,47?,48?/m1/s1. The van der Waals surface area contributed by atoms with Crippen LogP contribution >= 0.6 is 0 Å². The van der Waals surface area contributed by atoms with Gasteiger partial charge < -0.3 is 209 Å². The second-order valence-electron chi connectivity index (χ2n) is 23.1. The van der Waals surface area contributed by atoms with Crippen molar-refractivity contribution in [3.05, 3.63) is 0 Å². The number of nitrogens with two attached hydrogens (primary N) is 8. The van der Waals surface area contributed by atoms with E-state index in [0.29, 0.717) is 0 Å². The Balaban J connectivity index is 0.850. The molecule has 8 aliphatic rings. The van der Waals surface area contributed by atoms with Crippen molar-refractivity contribution in [1.82, 2.24) is 0 Å². The zero-order chi connectivity index (χ0) is 65.4. The molecule has 520 valence electrons. The summed E-state index contributed by atoms with van der Waals surface area (Å²) in [4.78, 5) is 0. The average molecular weight is 1310 g/mol. The first-order chi connectivity index (χ1) is 42.2. The summed E-state index contributed by atoms with van der Waals surface area (Å²) >= 11 is 0. The van der Waals surface area contributed by atoms with Gasteiger partial charge in [0.05, 0.1) is 101 Å². The minimum Gasteiger partial charge on any atom is -0.394 e. The van der Waals surface area contributed by atoms with E-state index in [-0.39, 0.29) is 0 Å². The molecule has 0 radical (unpaired) electrons. The van der Waals surface area contributed by atoms with Crippen molar-refractivity contribution >= 4 is 0 Å². The lowest BCUT2D eigenvalue weighted by molar-refractivity contribution is -0.370. The highest BCUT2D eigenvalue weighted by Crippen LogP contribution is 2.37. The first-order valence-corrected chi connectivity index (χ1v) is 28.8. The molecule has 0 aromatic carbocycles. The molecule has 89 heavy (non-hydrogen) atoms. The summed E-state index contributed by atoms with van der Waals surface area (Å²) in [7, 11) is 0. The van der Waals surface area contributed by atoms with E-state index in [2.05, 4.69) is 0 Å². The average Bonchev–Trinajstić information content (AvgIpc) is 2.08. The second-order valence-corrected chi connectivity index (χ2v) is 23.1. The molecule has 8 heterocycles. The van der Waals surface area contributed by atoms with Gasteiger partial charge in [0, 0.05) is 0 Å². The Morgan fingerprint density at radius 2 is 0.360 bits per heavy atom. The Morgan fingerprint density at radius 3 is 0.551 bits per heavy atom. The van der Waals surface area contributed by atoms with Gasteiger partial charge in [-0.25, -0.2) is 0 Å². The van der Waals surface area contributed by atoms with Gasteiger partial charge in [-0.1, -0.05) is 0 Å². The molecular weight excluding hydrogens is 1220 g/mol. The summed E-state index contributed by atoms with van der Waals surface area (Å²) in [6, 6.07) is -12.3. The molecule has 0 aliphatic carbocycles. The van der Waals surface area contributed by atoms with Crippen molar-refractivity contribution in [1.29, 1.82) is 0 Å². The molecular formula is C48H90N8O33. The third-order valence-corrected chi connectivity index (χ3v) is 17.3. The lowest BCUT2D eigenvalue weighted by atomic mass is 9.93. The maximum absolute atomic E-state index is 11.6. The van der Waals surface area contributed by atoms with Gasteiger partial charge in [-0.15, -0.1) is 0 Å². The number of aliphatic hydroxyl groups excluding tert-OH is 18. The molecule has 0 aromatic heterocycles. The molecule has 0 bridgehead atoms. The molecule has 0 spiro atoms. The monoisotopic (exact) mass is 1310 g/mol. The molecule has 8 fully saturated rings. The fourth-order valence-corrected chi connectivity index (χ4v) is 11.8. The van der Waals surface area contributed by atoms with E-state index in [9.17, 15) is 91.9 Å². The summed E-state index contributed by atoms with van der Waals surface area (Å²) in [5.41, 5.74) is 49.9. The molecule has 0 aromatic rings. The summed E-state index contributed by atoms with van der Waals surface area (Å²) in [5, 5.41) is 192. The van der Waals surface area contributed by atoms with Crippen LogP contribution in [-0.4, -0.2) is 390 Å². The number of rotatable bonds is 22. The topological polar surface area (TPSA) is 711 Å². The van der Waals surface area contributed by atoms with E-state index >= 15 is 0 Å². The van der Waals surface area contributed by atoms with Crippen LogP contribution in [0.1, 0.15) is 0 Å². The smallest absolute Gasteiger partial charge is 0.176 e. The molecule has 8 saturated heterocycles. The number of hydrogen-bond acceptors (Lipinski definition) is 41. The number of hydrogen-bond donors (Lipinski definition) is 26. The lowest BCUT2D eigenvalue weighted by Crippen LogP contribution is -2.71. The van der Waals surface area contributed by atoms with E-state index in [0.717, 1.165) is 0 Å². The zero-order valence-electron chi connectivity index (χ0n) is 47.5. The minimum absolute atomic E-state index is 0.749. The normalized spacial score (nSPS) is 53.6. The first-order valence-electron chi connectivity index (χ1n) is 28.8. The van der Waals surface area contributed by atoms with Gasteiger partial charge in [0.25, 0.3) is 0 Å². The van der Waals surface area contributed by atoms with Crippen LogP contribution in [0.4, 0.5) is 0 Å². The van der Waals surface area contributed by atoms with Crippen molar-refractivity contribution in [2.45, 2.75) is 245 Å². The summed E-state index contributed by atoms with van der Waals surface area (Å²) in [6.07, 6.45) is -52.2. The van der Waals surface area contributed by atoms with Gasteiger partial charge in [-0.3, -0.25) is 0 Å². The molecule has 8 aliphatic heterocycles. The first kappa shape index (κ1) is 73.2. The van der Waals surface area contributed by atoms with E-state index in [1.54, 1.807) is 0 Å². The summed E-state index contributed by atoms with van der Waals surface area (Å²) in [6.45, 7) is -6.90. The molecule has 41 nitrogen and oxygen atoms in total. The van der Waals surface area contributed by atoms with Crippen molar-refractivity contribution in [2.75, 3.05) is 52.9 Å². The third-order valence-electron chi connectivity index (χ3n) is 17.3. The molecule has 0 saturated carbocycles. The predicted molar refractivity (Wildman–Crippen MR) is 280 cm³/mol. The van der Waals surface area contributed by atoms with Crippen molar-refractivity contribution in [2.24, 2.45) is 45.9 Å². The van der Waals surface area contributed by atoms with Crippen LogP contribution in [0.2, 0.25) is 0 Å². The van der Waals surface area contributed by atoms with Crippen LogP contribution in [0, 0.1) is 0 Å². The van der Waals surface area contributed by atoms with Crippen LogP contribution in [0.15, 0.2) is 0 Å². The van der Waals surface area contributed by atoms with Crippen LogP contribution in [0.3, 0.4) is 0 Å². The van der Waals surface area contributed by atoms with Crippen molar-refractivity contribution in [3.8, 4) is 0 Å². The fraction of sp³-hybridized carbons (Fsp3) is 1.00. The van der Waals surface area contributed by atoms with Crippen molar-refractivity contribution in [3.63, 3.8) is 0 Å². The summed E-state index contributed by atoms with van der Waals surface area (Å²) < 4.78 is 87.2. The number of ether oxygens (including phenoxy) is 15. The second kappa shape index (κ2) is 31.5. The highest BCUT2D eigenvalue weighted by atomic mass is 16.8. The quantitative estimate of drug-likeness (QED) is 0.0479. The maximum atomic E-state index is 11.6. The Hall–Kier alpha value is -1.64. The van der Waals surface area contributed by atoms with Crippen LogP contribution in [-0.2, 0) is 71.1 Å². The van der Waals surface area contributed by atoms with Crippen molar-refractivity contribution < 1.29 is 163 Å². The molecule has 34 N–H and O–H groups in total. The predicted octanol–water partition coefficient (Wildman–Crippen LogP) is -18.7. The van der Waals surface area contributed by atoms with Gasteiger partial charge in [-0.2, -0.15) is 0 Å². The SMILES string of the molecule is N[C@@H]1C(O)O[C@@H](CO)C(OC2O[C@@H](CO)C(OC3O[C@@H](CO)C(OC4O[C@H](CO)C(OC5O[C@H](CO)C(OC6O[C@H](CO)C(OC7O[C@H](CO)C(OC8O[C@H](CO)C(O)[C@@H](O)[C@H]8N)[C@@H](O)[C@H]7N)[C@@H](O)[C@H]6N)[C@@H](O)[C@H]5N)[C@@H](O)[C@H]4N)[C@H](O)[C@@H]3N)[C@H](O)[C@@H]2N)[C@@H]1O. The third kappa shape index (κ3) is 15.0. The van der Waals surface area contributed by atoms with Crippen LogP contribution in [0.25, 0.3) is 0 Å². The van der Waals surface area contributed by atoms with E-state index in [1.165, 1.54) is 0 Å². The largest absolute Gasteiger partial charge is 0.394 e. The van der Waals surface area contributed by atoms with Crippen LogP contribution < -0.4 is 45.9 Å². The van der Waals surface area contributed by atoms with Crippen LogP contribution in [0.5, 0.6) is 0 Å². The lowest BCUT2D eigenvalue weighted by Gasteiger charge is -2.51. The van der Waals surface area contributed by atoms with Gasteiger partial charge in [0.2, 0.25) is 0 Å². The van der Waals surface area contributed by atoms with Gasteiger partial charge >= 0.3 is 0 Å². The highest BCUT2D eigenvalue weighted by molar-refractivity contribution is 5.04. The van der Waals surface area contributed by atoms with E-state index < -0.39 is 298 Å². The Bertz CT molecular complexity index is 2150. The molecule has 0 amide bonds. The maximum Gasteiger partial charge on any atom is 0.176 e. The molecule has 41 heteroatoms. The highest BCUT2D eigenvalue weighted by Gasteiger charge is 2.58. The Labute approximate surface area is 506 Å². The number of aliphatic hydroxyl groups is 18.